The Bertz CT molecular complexity index is 173. The Morgan fingerprint density at radius 3 is 2.20 bits per heavy atom. The molecule has 1 rings (SSSR count). The van der Waals surface area contributed by atoms with Crippen molar-refractivity contribution < 1.29 is 5.11 Å². The fourth-order valence-electron chi connectivity index (χ4n) is 2.30. The molecule has 1 fully saturated rings. The summed E-state index contributed by atoms with van der Waals surface area (Å²) in [5.74, 6) is 2.14. The van der Waals surface area contributed by atoms with Crippen LogP contribution in [0.2, 0.25) is 0 Å². The summed E-state index contributed by atoms with van der Waals surface area (Å²) in [6, 6.07) is 0.617. The summed E-state index contributed by atoms with van der Waals surface area (Å²) < 4.78 is 0. The van der Waals surface area contributed by atoms with Gasteiger partial charge in [0.15, 0.2) is 0 Å². The molecule has 0 spiro atoms. The summed E-state index contributed by atoms with van der Waals surface area (Å²) in [6.07, 6.45) is 3.47. The lowest BCUT2D eigenvalue weighted by atomic mass is 9.98. The Kier molecular flexibility index (Phi) is 5.07. The molecule has 0 aromatic rings. The van der Waals surface area contributed by atoms with Gasteiger partial charge >= 0.3 is 0 Å². The molecule has 0 aromatic carbocycles. The predicted octanol–water partition coefficient (Wildman–Crippen LogP) is 2.42. The molecular weight excluding hydrogens is 186 g/mol. The Hall–Kier alpha value is -0.0800. The number of aliphatic hydroxyl groups excluding tert-OH is 1. The molecule has 0 saturated heterocycles. The normalized spacial score (nSPS) is 21.0. The highest BCUT2D eigenvalue weighted by molar-refractivity contribution is 4.88. The average molecular weight is 213 g/mol. The first kappa shape index (κ1) is 13.0. The maximum absolute atomic E-state index is 9.79. The first-order valence-corrected chi connectivity index (χ1v) is 6.42. The maximum Gasteiger partial charge on any atom is 0.0667 e. The highest BCUT2D eigenvalue weighted by Crippen LogP contribution is 2.35. The SMILES string of the molecule is CC(C)CC(O)CNC(C(C)C)C1CC1. The molecule has 0 radical (unpaired) electrons. The largest absolute Gasteiger partial charge is 0.392 e. The first-order valence-electron chi connectivity index (χ1n) is 6.42. The van der Waals surface area contributed by atoms with Gasteiger partial charge in [-0.25, -0.2) is 0 Å². The molecule has 1 aliphatic carbocycles. The van der Waals surface area contributed by atoms with Gasteiger partial charge in [-0.3, -0.25) is 0 Å². The van der Waals surface area contributed by atoms with Crippen LogP contribution in [-0.4, -0.2) is 23.8 Å². The molecule has 1 aliphatic rings. The van der Waals surface area contributed by atoms with E-state index in [9.17, 15) is 5.11 Å². The van der Waals surface area contributed by atoms with Crippen LogP contribution in [-0.2, 0) is 0 Å². The Morgan fingerprint density at radius 2 is 1.80 bits per heavy atom. The minimum absolute atomic E-state index is 0.176. The fraction of sp³-hybridized carbons (Fsp3) is 1.00. The van der Waals surface area contributed by atoms with Crippen LogP contribution in [0.25, 0.3) is 0 Å². The van der Waals surface area contributed by atoms with Crippen molar-refractivity contribution in [1.29, 1.82) is 0 Å². The zero-order chi connectivity index (χ0) is 11.4. The van der Waals surface area contributed by atoms with Crippen molar-refractivity contribution in [3.05, 3.63) is 0 Å². The molecule has 2 atom stereocenters. The lowest BCUT2D eigenvalue weighted by Crippen LogP contribution is -2.40. The van der Waals surface area contributed by atoms with E-state index in [-0.39, 0.29) is 6.10 Å². The predicted molar refractivity (Wildman–Crippen MR) is 64.8 cm³/mol. The van der Waals surface area contributed by atoms with E-state index in [2.05, 4.69) is 33.0 Å². The average Bonchev–Trinajstić information content (AvgIpc) is 2.86. The van der Waals surface area contributed by atoms with Crippen LogP contribution in [0.5, 0.6) is 0 Å². The number of hydrogen-bond acceptors (Lipinski definition) is 2. The monoisotopic (exact) mass is 213 g/mol. The summed E-state index contributed by atoms with van der Waals surface area (Å²) in [5, 5.41) is 13.3. The summed E-state index contributed by atoms with van der Waals surface area (Å²) in [5.41, 5.74) is 0. The lowest BCUT2D eigenvalue weighted by Gasteiger charge is -2.24. The van der Waals surface area contributed by atoms with Crippen molar-refractivity contribution in [3.8, 4) is 0 Å². The molecule has 2 unspecified atom stereocenters. The number of rotatable bonds is 7. The number of aliphatic hydroxyl groups is 1. The second kappa shape index (κ2) is 5.86. The number of hydrogen-bond donors (Lipinski definition) is 2. The summed E-state index contributed by atoms with van der Waals surface area (Å²) in [4.78, 5) is 0. The van der Waals surface area contributed by atoms with Gasteiger partial charge in [0.1, 0.15) is 0 Å². The van der Waals surface area contributed by atoms with Crippen molar-refractivity contribution in [2.24, 2.45) is 17.8 Å². The van der Waals surface area contributed by atoms with Gasteiger partial charge in [0, 0.05) is 12.6 Å². The molecule has 15 heavy (non-hydrogen) atoms. The highest BCUT2D eigenvalue weighted by Gasteiger charge is 2.32. The van der Waals surface area contributed by atoms with Crippen LogP contribution in [0, 0.1) is 17.8 Å². The smallest absolute Gasteiger partial charge is 0.0667 e. The van der Waals surface area contributed by atoms with E-state index in [4.69, 9.17) is 0 Å². The second-order valence-corrected chi connectivity index (χ2v) is 5.80. The molecular formula is C13H27NO. The van der Waals surface area contributed by atoms with E-state index >= 15 is 0 Å². The van der Waals surface area contributed by atoms with Gasteiger partial charge in [-0.05, 0) is 37.0 Å². The van der Waals surface area contributed by atoms with Gasteiger partial charge in [-0.15, -0.1) is 0 Å². The third kappa shape index (κ3) is 4.98. The van der Waals surface area contributed by atoms with E-state index in [0.717, 1.165) is 18.9 Å². The van der Waals surface area contributed by atoms with Crippen LogP contribution < -0.4 is 5.32 Å². The minimum atomic E-state index is -0.176. The zero-order valence-corrected chi connectivity index (χ0v) is 10.7. The van der Waals surface area contributed by atoms with E-state index in [0.29, 0.717) is 17.9 Å². The van der Waals surface area contributed by atoms with E-state index in [1.54, 1.807) is 0 Å². The highest BCUT2D eigenvalue weighted by atomic mass is 16.3. The minimum Gasteiger partial charge on any atom is -0.392 e. The Morgan fingerprint density at radius 1 is 1.20 bits per heavy atom. The van der Waals surface area contributed by atoms with Gasteiger partial charge in [0.05, 0.1) is 6.10 Å². The third-order valence-corrected chi connectivity index (χ3v) is 3.18. The molecule has 0 amide bonds. The van der Waals surface area contributed by atoms with E-state index in [1.807, 2.05) is 0 Å². The van der Waals surface area contributed by atoms with Gasteiger partial charge in [-0.1, -0.05) is 27.7 Å². The van der Waals surface area contributed by atoms with Gasteiger partial charge < -0.3 is 10.4 Å². The Balaban J connectivity index is 2.21. The second-order valence-electron chi connectivity index (χ2n) is 5.80. The standard InChI is InChI=1S/C13H27NO/c1-9(2)7-12(15)8-14-13(10(3)4)11-5-6-11/h9-15H,5-8H2,1-4H3. The van der Waals surface area contributed by atoms with Crippen molar-refractivity contribution in [1.82, 2.24) is 5.32 Å². The van der Waals surface area contributed by atoms with Gasteiger partial charge in [0.2, 0.25) is 0 Å². The van der Waals surface area contributed by atoms with E-state index in [1.165, 1.54) is 12.8 Å². The van der Waals surface area contributed by atoms with Gasteiger partial charge in [-0.2, -0.15) is 0 Å². The molecule has 0 bridgehead atoms. The molecule has 0 aromatic heterocycles. The molecule has 2 N–H and O–H groups in total. The van der Waals surface area contributed by atoms with Crippen LogP contribution >= 0.6 is 0 Å². The first-order chi connectivity index (χ1) is 7.00. The maximum atomic E-state index is 9.79. The molecule has 1 saturated carbocycles. The fourth-order valence-corrected chi connectivity index (χ4v) is 2.30. The topological polar surface area (TPSA) is 32.3 Å². The van der Waals surface area contributed by atoms with Crippen LogP contribution in [0.1, 0.15) is 47.0 Å². The molecule has 2 nitrogen and oxygen atoms in total. The zero-order valence-electron chi connectivity index (χ0n) is 10.7. The third-order valence-electron chi connectivity index (χ3n) is 3.18. The van der Waals surface area contributed by atoms with Crippen molar-refractivity contribution in [3.63, 3.8) is 0 Å². The van der Waals surface area contributed by atoms with Crippen molar-refractivity contribution >= 4 is 0 Å². The van der Waals surface area contributed by atoms with Gasteiger partial charge in [0.25, 0.3) is 0 Å². The van der Waals surface area contributed by atoms with E-state index < -0.39 is 0 Å². The quantitative estimate of drug-likeness (QED) is 0.681. The molecule has 90 valence electrons. The van der Waals surface area contributed by atoms with Crippen molar-refractivity contribution in [2.45, 2.75) is 59.1 Å². The Labute approximate surface area is 94.5 Å². The summed E-state index contributed by atoms with van der Waals surface area (Å²) >= 11 is 0. The molecule has 2 heteroatoms. The lowest BCUT2D eigenvalue weighted by molar-refractivity contribution is 0.137. The molecule has 0 aliphatic heterocycles. The van der Waals surface area contributed by atoms with Crippen molar-refractivity contribution in [2.75, 3.05) is 6.54 Å². The number of nitrogens with one attached hydrogen (secondary N) is 1. The summed E-state index contributed by atoms with van der Waals surface area (Å²) in [7, 11) is 0. The molecule has 0 heterocycles. The van der Waals surface area contributed by atoms with Crippen LogP contribution in [0.3, 0.4) is 0 Å². The summed E-state index contributed by atoms with van der Waals surface area (Å²) in [6.45, 7) is 9.61. The van der Waals surface area contributed by atoms with Crippen LogP contribution in [0.15, 0.2) is 0 Å². The van der Waals surface area contributed by atoms with Crippen LogP contribution in [0.4, 0.5) is 0 Å².